The summed E-state index contributed by atoms with van der Waals surface area (Å²) in [6.45, 7) is 4.14. The molecule has 0 spiro atoms. The number of allylic oxidation sites excluding steroid dienone is 3. The number of hydrogen-bond acceptors (Lipinski definition) is 4. The van der Waals surface area contributed by atoms with Gasteiger partial charge in [-0.2, -0.15) is 0 Å². The van der Waals surface area contributed by atoms with E-state index in [1.807, 2.05) is 19.1 Å². The number of hydrogen-bond donors (Lipinski definition) is 1. The molecule has 0 bridgehead atoms. The van der Waals surface area contributed by atoms with Crippen LogP contribution in [0.2, 0.25) is 0 Å². The van der Waals surface area contributed by atoms with Crippen molar-refractivity contribution in [3.8, 4) is 0 Å². The highest BCUT2D eigenvalue weighted by atomic mass is 16.5. The number of ether oxygens (including phenoxy) is 1. The summed E-state index contributed by atoms with van der Waals surface area (Å²) in [6, 6.07) is 0. The second kappa shape index (κ2) is 10.4. The van der Waals surface area contributed by atoms with Crippen LogP contribution in [0, 0.1) is 11.3 Å². The predicted octanol–water partition coefficient (Wildman–Crippen LogP) is 3.98. The van der Waals surface area contributed by atoms with E-state index in [0.29, 0.717) is 19.3 Å². The lowest BCUT2D eigenvalue weighted by molar-refractivity contribution is -0.141. The molecule has 0 heterocycles. The quantitative estimate of drug-likeness (QED) is 0.352. The highest BCUT2D eigenvalue weighted by Crippen LogP contribution is 2.38. The third-order valence-electron chi connectivity index (χ3n) is 4.81. The smallest absolute Gasteiger partial charge is 0.305 e. The van der Waals surface area contributed by atoms with Gasteiger partial charge in [-0.15, -0.1) is 0 Å². The van der Waals surface area contributed by atoms with Gasteiger partial charge in [0, 0.05) is 6.42 Å². The van der Waals surface area contributed by atoms with Gasteiger partial charge in [0.15, 0.2) is 5.78 Å². The summed E-state index contributed by atoms with van der Waals surface area (Å²) < 4.78 is 4.70. The highest BCUT2D eigenvalue weighted by molar-refractivity contribution is 5.98. The Labute approximate surface area is 146 Å². The Bertz CT molecular complexity index is 466. The maximum Gasteiger partial charge on any atom is 0.305 e. The molecule has 0 aliphatic heterocycles. The number of carbonyl (C=O) groups excluding carboxylic acids is 2. The summed E-state index contributed by atoms with van der Waals surface area (Å²) in [5.41, 5.74) is -0.546. The van der Waals surface area contributed by atoms with Gasteiger partial charge in [-0.05, 0) is 37.7 Å². The fourth-order valence-electron chi connectivity index (χ4n) is 3.07. The van der Waals surface area contributed by atoms with Crippen LogP contribution in [0.4, 0.5) is 0 Å². The minimum atomic E-state index is -0.546. The van der Waals surface area contributed by atoms with E-state index in [4.69, 9.17) is 4.74 Å². The average Bonchev–Trinajstić information content (AvgIpc) is 2.92. The lowest BCUT2D eigenvalue weighted by atomic mass is 9.77. The fraction of sp³-hybridized carbons (Fsp3) is 0.700. The molecule has 0 aromatic carbocycles. The molecule has 3 atom stereocenters. The monoisotopic (exact) mass is 336 g/mol. The van der Waals surface area contributed by atoms with Crippen molar-refractivity contribution < 1.29 is 19.4 Å². The van der Waals surface area contributed by atoms with Crippen LogP contribution in [0.25, 0.3) is 0 Å². The van der Waals surface area contributed by atoms with Gasteiger partial charge in [-0.1, -0.05) is 51.3 Å². The van der Waals surface area contributed by atoms with Crippen LogP contribution in [0.3, 0.4) is 0 Å². The second-order valence-electron chi connectivity index (χ2n) is 6.97. The van der Waals surface area contributed by atoms with Crippen LogP contribution in [-0.2, 0) is 14.3 Å². The molecule has 0 saturated heterocycles. The molecule has 0 radical (unpaired) electrons. The molecule has 0 aromatic rings. The molecule has 0 amide bonds. The van der Waals surface area contributed by atoms with Crippen molar-refractivity contribution in [1.82, 2.24) is 0 Å². The standard InChI is InChI=1S/C20H32O4/c1-4-5-6-8-17(21)11-14-20(12-7-9-18(20)22)13-10-16(2)15-19(23)24-3/h7,9,11,14,16-17,21H,4-6,8,10,12-13,15H2,1-3H3/b14-11+/t16?,17?,20-/m0/s1. The van der Waals surface area contributed by atoms with Crippen molar-refractivity contribution in [3.05, 3.63) is 24.3 Å². The van der Waals surface area contributed by atoms with Crippen LogP contribution in [0.5, 0.6) is 0 Å². The molecule has 4 heteroatoms. The molecule has 2 unspecified atom stereocenters. The summed E-state index contributed by atoms with van der Waals surface area (Å²) in [5, 5.41) is 10.1. The maximum absolute atomic E-state index is 12.3. The average molecular weight is 336 g/mol. The zero-order chi connectivity index (χ0) is 18.0. The van der Waals surface area contributed by atoms with Crippen LogP contribution in [-0.4, -0.2) is 30.1 Å². The number of esters is 1. The topological polar surface area (TPSA) is 63.6 Å². The predicted molar refractivity (Wildman–Crippen MR) is 95.5 cm³/mol. The number of unbranched alkanes of at least 4 members (excludes halogenated alkanes) is 2. The normalized spacial score (nSPS) is 22.9. The number of carbonyl (C=O) groups is 2. The zero-order valence-electron chi connectivity index (χ0n) is 15.3. The van der Waals surface area contributed by atoms with Crippen molar-refractivity contribution in [2.24, 2.45) is 11.3 Å². The van der Waals surface area contributed by atoms with Gasteiger partial charge in [-0.25, -0.2) is 0 Å². The Kier molecular flexibility index (Phi) is 8.98. The van der Waals surface area contributed by atoms with Crippen LogP contribution in [0.1, 0.15) is 65.2 Å². The number of aliphatic hydroxyl groups excluding tert-OH is 1. The molecule has 0 saturated carbocycles. The Morgan fingerprint density at radius 2 is 2.17 bits per heavy atom. The van der Waals surface area contributed by atoms with E-state index >= 15 is 0 Å². The maximum atomic E-state index is 12.3. The molecular formula is C20H32O4. The number of ketones is 1. The summed E-state index contributed by atoms with van der Waals surface area (Å²) in [6.07, 6.45) is 13.2. The van der Waals surface area contributed by atoms with E-state index in [2.05, 4.69) is 6.92 Å². The Balaban J connectivity index is 2.60. The van der Waals surface area contributed by atoms with E-state index in [1.165, 1.54) is 7.11 Å². The van der Waals surface area contributed by atoms with E-state index in [9.17, 15) is 14.7 Å². The number of rotatable bonds is 11. The number of methoxy groups -OCH3 is 1. The molecule has 4 nitrogen and oxygen atoms in total. The lowest BCUT2D eigenvalue weighted by Gasteiger charge is -2.25. The van der Waals surface area contributed by atoms with Crippen LogP contribution >= 0.6 is 0 Å². The second-order valence-corrected chi connectivity index (χ2v) is 6.97. The largest absolute Gasteiger partial charge is 0.469 e. The first-order valence-corrected chi connectivity index (χ1v) is 9.08. The van der Waals surface area contributed by atoms with Gasteiger partial charge >= 0.3 is 5.97 Å². The van der Waals surface area contributed by atoms with Crippen molar-refractivity contribution in [3.63, 3.8) is 0 Å². The molecule has 0 aromatic heterocycles. The first-order chi connectivity index (χ1) is 11.4. The van der Waals surface area contributed by atoms with Gasteiger partial charge < -0.3 is 9.84 Å². The molecule has 1 N–H and O–H groups in total. The van der Waals surface area contributed by atoms with Crippen molar-refractivity contribution in [2.45, 2.75) is 71.3 Å². The first-order valence-electron chi connectivity index (χ1n) is 9.08. The van der Waals surface area contributed by atoms with Gasteiger partial charge in [0.1, 0.15) is 0 Å². The SMILES string of the molecule is CCCCCC(O)/C=C/[C@@]1(CCC(C)CC(=O)OC)CC=CC1=O. The van der Waals surface area contributed by atoms with Gasteiger partial charge in [0.25, 0.3) is 0 Å². The molecule has 24 heavy (non-hydrogen) atoms. The molecular weight excluding hydrogens is 304 g/mol. The highest BCUT2D eigenvalue weighted by Gasteiger charge is 2.36. The summed E-state index contributed by atoms with van der Waals surface area (Å²) in [7, 11) is 1.39. The lowest BCUT2D eigenvalue weighted by Crippen LogP contribution is -2.25. The fourth-order valence-corrected chi connectivity index (χ4v) is 3.07. The molecule has 1 aliphatic carbocycles. The van der Waals surface area contributed by atoms with E-state index in [0.717, 1.165) is 32.1 Å². The van der Waals surface area contributed by atoms with Gasteiger partial charge in [-0.3, -0.25) is 9.59 Å². The van der Waals surface area contributed by atoms with Crippen LogP contribution in [0.15, 0.2) is 24.3 Å². The Morgan fingerprint density at radius 1 is 1.42 bits per heavy atom. The molecule has 136 valence electrons. The summed E-state index contributed by atoms with van der Waals surface area (Å²) >= 11 is 0. The Morgan fingerprint density at radius 3 is 2.75 bits per heavy atom. The van der Waals surface area contributed by atoms with Crippen LogP contribution < -0.4 is 0 Å². The molecule has 1 aliphatic rings. The summed E-state index contributed by atoms with van der Waals surface area (Å²) in [4.78, 5) is 23.7. The minimum Gasteiger partial charge on any atom is -0.469 e. The van der Waals surface area contributed by atoms with E-state index in [1.54, 1.807) is 12.2 Å². The van der Waals surface area contributed by atoms with Crippen molar-refractivity contribution in [2.75, 3.05) is 7.11 Å². The first kappa shape index (κ1) is 20.6. The van der Waals surface area contributed by atoms with Gasteiger partial charge in [0.05, 0.1) is 18.6 Å². The third kappa shape index (κ3) is 6.60. The van der Waals surface area contributed by atoms with E-state index < -0.39 is 11.5 Å². The van der Waals surface area contributed by atoms with E-state index in [-0.39, 0.29) is 17.7 Å². The Hall–Kier alpha value is -1.42. The third-order valence-corrected chi connectivity index (χ3v) is 4.81. The van der Waals surface area contributed by atoms with Crippen molar-refractivity contribution >= 4 is 11.8 Å². The van der Waals surface area contributed by atoms with Crippen molar-refractivity contribution in [1.29, 1.82) is 0 Å². The number of aliphatic hydroxyl groups is 1. The molecule has 0 fully saturated rings. The zero-order valence-corrected chi connectivity index (χ0v) is 15.3. The molecule has 1 rings (SSSR count). The van der Waals surface area contributed by atoms with Gasteiger partial charge in [0.2, 0.25) is 0 Å². The minimum absolute atomic E-state index is 0.102. The summed E-state index contributed by atoms with van der Waals surface area (Å²) in [5.74, 6) is 0.0599.